The minimum absolute atomic E-state index is 0.0388. The van der Waals surface area contributed by atoms with E-state index in [1.165, 1.54) is 19.3 Å². The molecule has 0 aromatic carbocycles. The topological polar surface area (TPSA) is 99.1 Å². The highest BCUT2D eigenvalue weighted by Crippen LogP contribution is 2.13. The maximum absolute atomic E-state index is 12.7. The van der Waals surface area contributed by atoms with Crippen LogP contribution in [-0.4, -0.2) is 80.6 Å². The van der Waals surface area contributed by atoms with Gasteiger partial charge in [0.2, 0.25) is 0 Å². The first kappa shape index (κ1) is 54.2. The molecule has 0 rings (SSSR count). The van der Waals surface area contributed by atoms with Crippen LogP contribution in [-0.2, 0) is 28.6 Å². The standard InChI is InChI=1S/C50H81NO7/c1-6-8-10-12-14-16-18-20-22-23-24-25-27-28-30-32-34-36-38-40-48(52)57-45-46(44-56-43-42-47(50(54)55)51(3,4)5)58-49(53)41-39-37-35-33-31-29-26-21-19-17-15-13-11-9-7-2/h8-11,13-17,19-20,22,24-25,28,30,46-47H,6-7,12,18,21,23,26-27,29,31-45H2,1-5H3/p+1/b10-8+,11-9+,15-13+,16-14+,19-17+,22-20+,25-24+,30-28+. The molecule has 0 bridgehead atoms. The SMILES string of the molecule is CC/C=C/C=C/C=C/CCCCCCCCCC(=O)OC(COCCC(C(=O)O)[N+](C)(C)C)COC(=O)CCCCC/C=C/C/C=C/C/C=C/C/C=C/C/C=C/CC. The van der Waals surface area contributed by atoms with Crippen molar-refractivity contribution in [1.82, 2.24) is 0 Å². The molecule has 0 aromatic heterocycles. The first-order valence-corrected chi connectivity index (χ1v) is 22.3. The number of quaternary nitrogens is 1. The van der Waals surface area contributed by atoms with Crippen LogP contribution in [0.5, 0.6) is 0 Å². The molecule has 0 saturated carbocycles. The number of carboxylic acids is 1. The van der Waals surface area contributed by atoms with Crippen molar-refractivity contribution in [2.45, 2.75) is 161 Å². The lowest BCUT2D eigenvalue weighted by atomic mass is 10.1. The number of unbranched alkanes of at least 4 members (excludes halogenated alkanes) is 10. The predicted octanol–water partition coefficient (Wildman–Crippen LogP) is 12.3. The van der Waals surface area contributed by atoms with E-state index < -0.39 is 18.1 Å². The van der Waals surface area contributed by atoms with E-state index in [-0.39, 0.29) is 36.2 Å². The van der Waals surface area contributed by atoms with Gasteiger partial charge in [-0.2, -0.15) is 0 Å². The Kier molecular flexibility index (Phi) is 37.5. The lowest BCUT2D eigenvalue weighted by Gasteiger charge is -2.31. The molecular weight excluding hydrogens is 727 g/mol. The lowest BCUT2D eigenvalue weighted by molar-refractivity contribution is -0.887. The summed E-state index contributed by atoms with van der Waals surface area (Å²) >= 11 is 0. The van der Waals surface area contributed by atoms with E-state index in [9.17, 15) is 19.5 Å². The summed E-state index contributed by atoms with van der Waals surface area (Å²) in [6.45, 7) is 4.42. The summed E-state index contributed by atoms with van der Waals surface area (Å²) in [5, 5.41) is 9.62. The van der Waals surface area contributed by atoms with Crippen LogP contribution in [0.25, 0.3) is 0 Å². The molecular formula is C50H82NO7+. The monoisotopic (exact) mass is 809 g/mol. The molecule has 2 atom stereocenters. The van der Waals surface area contributed by atoms with Crippen LogP contribution in [0.3, 0.4) is 0 Å². The van der Waals surface area contributed by atoms with Gasteiger partial charge in [0.15, 0.2) is 12.1 Å². The van der Waals surface area contributed by atoms with E-state index in [1.54, 1.807) is 0 Å². The van der Waals surface area contributed by atoms with Crippen molar-refractivity contribution >= 4 is 17.9 Å². The van der Waals surface area contributed by atoms with Gasteiger partial charge in [-0.05, 0) is 77.0 Å². The number of likely N-dealkylation sites (N-methyl/N-ethyl adjacent to an activating group) is 1. The Bertz CT molecular complexity index is 1260. The van der Waals surface area contributed by atoms with Crippen LogP contribution in [0.1, 0.15) is 149 Å². The Morgan fingerprint density at radius 3 is 1.55 bits per heavy atom. The molecule has 2 unspecified atom stereocenters. The third-order valence-corrected chi connectivity index (χ3v) is 9.29. The third-order valence-electron chi connectivity index (χ3n) is 9.29. The van der Waals surface area contributed by atoms with Crippen LogP contribution in [0.15, 0.2) is 97.2 Å². The van der Waals surface area contributed by atoms with Crippen LogP contribution in [0, 0.1) is 0 Å². The normalized spacial score (nSPS) is 13.9. The van der Waals surface area contributed by atoms with E-state index in [1.807, 2.05) is 21.1 Å². The highest BCUT2D eigenvalue weighted by atomic mass is 16.6. The summed E-state index contributed by atoms with van der Waals surface area (Å²) in [6, 6.07) is -0.628. The average Bonchev–Trinajstić information content (AvgIpc) is 3.18. The molecule has 0 amide bonds. The number of nitrogens with zero attached hydrogens (tertiary/aromatic N) is 1. The largest absolute Gasteiger partial charge is 0.477 e. The Hall–Kier alpha value is -3.75. The Morgan fingerprint density at radius 1 is 0.534 bits per heavy atom. The minimum Gasteiger partial charge on any atom is -0.477 e. The van der Waals surface area contributed by atoms with Crippen molar-refractivity contribution in [3.63, 3.8) is 0 Å². The highest BCUT2D eigenvalue weighted by molar-refractivity contribution is 5.72. The quantitative estimate of drug-likeness (QED) is 0.0218. The Labute approximate surface area is 354 Å². The Morgan fingerprint density at radius 2 is 1.00 bits per heavy atom. The van der Waals surface area contributed by atoms with Crippen molar-refractivity contribution < 1.29 is 38.2 Å². The zero-order valence-electron chi connectivity index (χ0n) is 37.2. The maximum atomic E-state index is 12.7. The van der Waals surface area contributed by atoms with Gasteiger partial charge < -0.3 is 23.8 Å². The number of ether oxygens (including phenoxy) is 3. The highest BCUT2D eigenvalue weighted by Gasteiger charge is 2.31. The summed E-state index contributed by atoms with van der Waals surface area (Å²) in [5.74, 6) is -1.54. The summed E-state index contributed by atoms with van der Waals surface area (Å²) in [4.78, 5) is 37.0. The zero-order valence-corrected chi connectivity index (χ0v) is 37.2. The summed E-state index contributed by atoms with van der Waals surface area (Å²) in [6.07, 6.45) is 53.1. The molecule has 0 aromatic rings. The van der Waals surface area contributed by atoms with Crippen LogP contribution in [0.4, 0.5) is 0 Å². The molecule has 58 heavy (non-hydrogen) atoms. The maximum Gasteiger partial charge on any atom is 0.362 e. The number of hydrogen-bond donors (Lipinski definition) is 1. The summed E-state index contributed by atoms with van der Waals surface area (Å²) in [7, 11) is 5.50. The number of allylic oxidation sites excluding steroid dienone is 16. The second kappa shape index (κ2) is 40.0. The molecule has 0 aliphatic heterocycles. The number of carbonyl (C=O) groups excluding carboxylic acids is 2. The van der Waals surface area contributed by atoms with Crippen LogP contribution < -0.4 is 0 Å². The fraction of sp³-hybridized carbons (Fsp3) is 0.620. The summed E-state index contributed by atoms with van der Waals surface area (Å²) < 4.78 is 17.2. The van der Waals surface area contributed by atoms with Crippen molar-refractivity contribution in [2.24, 2.45) is 0 Å². The van der Waals surface area contributed by atoms with Crippen molar-refractivity contribution in [3.8, 4) is 0 Å². The van der Waals surface area contributed by atoms with Gasteiger partial charge in [-0.15, -0.1) is 0 Å². The minimum atomic E-state index is -0.887. The molecule has 328 valence electrons. The zero-order chi connectivity index (χ0) is 42.8. The van der Waals surface area contributed by atoms with Gasteiger partial charge in [-0.25, -0.2) is 4.79 Å². The smallest absolute Gasteiger partial charge is 0.362 e. The number of hydrogen-bond acceptors (Lipinski definition) is 6. The van der Waals surface area contributed by atoms with Crippen molar-refractivity contribution in [3.05, 3.63) is 97.2 Å². The van der Waals surface area contributed by atoms with E-state index in [2.05, 4.69) is 111 Å². The van der Waals surface area contributed by atoms with Crippen LogP contribution >= 0.6 is 0 Å². The lowest BCUT2D eigenvalue weighted by Crippen LogP contribution is -2.50. The van der Waals surface area contributed by atoms with Gasteiger partial charge in [-0.3, -0.25) is 9.59 Å². The summed E-state index contributed by atoms with van der Waals surface area (Å²) in [5.41, 5.74) is 0. The van der Waals surface area contributed by atoms with Crippen LogP contribution in [0.2, 0.25) is 0 Å². The molecule has 0 fully saturated rings. The molecule has 8 heteroatoms. The molecule has 0 aliphatic carbocycles. The van der Waals surface area contributed by atoms with Gasteiger partial charge in [-0.1, -0.05) is 150 Å². The average molecular weight is 809 g/mol. The molecule has 0 spiro atoms. The predicted molar refractivity (Wildman–Crippen MR) is 243 cm³/mol. The fourth-order valence-corrected chi connectivity index (χ4v) is 5.88. The first-order valence-electron chi connectivity index (χ1n) is 22.3. The molecule has 1 N–H and O–H groups in total. The van der Waals surface area contributed by atoms with Gasteiger partial charge in [0, 0.05) is 19.3 Å². The molecule has 0 saturated heterocycles. The second-order valence-corrected chi connectivity index (χ2v) is 15.6. The van der Waals surface area contributed by atoms with Gasteiger partial charge in [0.05, 0.1) is 34.4 Å². The molecule has 0 radical (unpaired) electrons. The van der Waals surface area contributed by atoms with Gasteiger partial charge >= 0.3 is 17.9 Å². The van der Waals surface area contributed by atoms with E-state index in [0.29, 0.717) is 19.3 Å². The van der Waals surface area contributed by atoms with Gasteiger partial charge in [0.1, 0.15) is 6.61 Å². The Balaban J connectivity index is 4.43. The molecule has 0 heterocycles. The number of carbonyl (C=O) groups is 3. The number of carboxylic acid groups (broad SMARTS) is 1. The van der Waals surface area contributed by atoms with Crippen molar-refractivity contribution in [1.29, 1.82) is 0 Å². The second-order valence-electron chi connectivity index (χ2n) is 15.6. The number of rotatable bonds is 38. The van der Waals surface area contributed by atoms with E-state index in [4.69, 9.17) is 14.2 Å². The fourth-order valence-electron chi connectivity index (χ4n) is 5.88. The number of aliphatic carboxylic acids is 1. The first-order chi connectivity index (χ1) is 28.1. The van der Waals surface area contributed by atoms with E-state index >= 15 is 0 Å². The molecule has 0 aliphatic rings. The van der Waals surface area contributed by atoms with Crippen molar-refractivity contribution in [2.75, 3.05) is 41.0 Å². The third kappa shape index (κ3) is 37.8. The van der Waals surface area contributed by atoms with Gasteiger partial charge in [0.25, 0.3) is 0 Å². The molecule has 8 nitrogen and oxygen atoms in total. The number of esters is 2. The van der Waals surface area contributed by atoms with E-state index in [0.717, 1.165) is 96.3 Å².